The van der Waals surface area contributed by atoms with Crippen molar-refractivity contribution in [1.82, 2.24) is 0 Å². The van der Waals surface area contributed by atoms with Crippen LogP contribution in [0.5, 0.6) is 0 Å². The summed E-state index contributed by atoms with van der Waals surface area (Å²) in [6.45, 7) is 0. The number of hydrogen-bond donors (Lipinski definition) is 0. The molecule has 2 nitrogen and oxygen atoms in total. The van der Waals surface area contributed by atoms with E-state index in [2.05, 4.69) is 0 Å². The van der Waals surface area contributed by atoms with Gasteiger partial charge in [-0.05, 0) is 0 Å². The SMILES string of the molecule is CS(C)(=O)=O.[H-].[Li+]. The molecule has 0 aliphatic heterocycles. The van der Waals surface area contributed by atoms with Crippen LogP contribution in [0, 0.1) is 0 Å². The van der Waals surface area contributed by atoms with E-state index in [1.807, 2.05) is 0 Å². The van der Waals surface area contributed by atoms with Crippen molar-refractivity contribution in [1.29, 1.82) is 0 Å². The Kier molecular flexibility index (Phi) is 4.35. The molecular weight excluding hydrogens is 95.0 g/mol. The second-order valence-corrected chi connectivity index (χ2v) is 3.43. The Morgan fingerprint density at radius 2 is 1.33 bits per heavy atom. The molecule has 0 unspecified atom stereocenters. The molecule has 0 aromatic carbocycles. The minimum absolute atomic E-state index is 0. The summed E-state index contributed by atoms with van der Waals surface area (Å²) in [5.74, 6) is 0. The maximum atomic E-state index is 9.63. The normalized spacial score (nSPS) is 9.67. The molecule has 0 saturated carbocycles. The zero-order chi connectivity index (χ0) is 4.50. The first kappa shape index (κ1) is 9.74. The van der Waals surface area contributed by atoms with Crippen molar-refractivity contribution < 1.29 is 28.7 Å². The largest absolute Gasteiger partial charge is 1.00 e. The maximum absolute atomic E-state index is 9.63. The summed E-state index contributed by atoms with van der Waals surface area (Å²) in [5.41, 5.74) is 0. The summed E-state index contributed by atoms with van der Waals surface area (Å²) in [5, 5.41) is 0. The van der Waals surface area contributed by atoms with Crippen molar-refractivity contribution in [3.8, 4) is 0 Å². The molecule has 0 bridgehead atoms. The van der Waals surface area contributed by atoms with Crippen LogP contribution < -0.4 is 18.9 Å². The maximum Gasteiger partial charge on any atom is 1.00 e. The van der Waals surface area contributed by atoms with Crippen molar-refractivity contribution in [3.63, 3.8) is 0 Å². The minimum atomic E-state index is -2.67. The average molecular weight is 102 g/mol. The van der Waals surface area contributed by atoms with Gasteiger partial charge >= 0.3 is 18.9 Å². The third-order valence-corrected chi connectivity index (χ3v) is 0. The molecule has 34 valence electrons. The van der Waals surface area contributed by atoms with Gasteiger partial charge in [-0.1, -0.05) is 0 Å². The molecule has 0 rings (SSSR count). The molecule has 0 N–H and O–H groups in total. The molecule has 6 heavy (non-hydrogen) atoms. The summed E-state index contributed by atoms with van der Waals surface area (Å²) in [6.07, 6.45) is 2.32. The second kappa shape index (κ2) is 2.68. The number of rotatable bonds is 0. The zero-order valence-electron chi connectivity index (χ0n) is 5.22. The molecule has 0 aromatic heterocycles. The van der Waals surface area contributed by atoms with E-state index in [1.54, 1.807) is 0 Å². The van der Waals surface area contributed by atoms with Crippen LogP contribution in [-0.2, 0) is 9.84 Å². The van der Waals surface area contributed by atoms with Crippen LogP contribution in [0.15, 0.2) is 0 Å². The Hall–Kier alpha value is 0.547. The van der Waals surface area contributed by atoms with Crippen LogP contribution >= 0.6 is 0 Å². The van der Waals surface area contributed by atoms with Gasteiger partial charge in [0.2, 0.25) is 0 Å². The van der Waals surface area contributed by atoms with E-state index in [4.69, 9.17) is 0 Å². The fraction of sp³-hybridized carbons (Fsp3) is 1.00. The van der Waals surface area contributed by atoms with E-state index in [0.717, 1.165) is 12.5 Å². The van der Waals surface area contributed by atoms with Gasteiger partial charge in [0.1, 0.15) is 9.84 Å². The van der Waals surface area contributed by atoms with Crippen molar-refractivity contribution in [3.05, 3.63) is 0 Å². The van der Waals surface area contributed by atoms with Gasteiger partial charge in [0.05, 0.1) is 0 Å². The standard InChI is InChI=1S/C2H6O2S.Li.H/c1-5(2,3)4;;/h1-2H3;;/q;+1;-1. The summed E-state index contributed by atoms with van der Waals surface area (Å²) < 4.78 is 19.3. The average Bonchev–Trinajstić information content (AvgIpc) is 0.722. The molecule has 0 saturated heterocycles. The molecule has 0 radical (unpaired) electrons. The predicted molar refractivity (Wildman–Crippen MR) is 21.9 cm³/mol. The molecule has 0 aromatic rings. The van der Waals surface area contributed by atoms with Gasteiger partial charge in [0, 0.05) is 12.5 Å². The van der Waals surface area contributed by atoms with E-state index >= 15 is 0 Å². The van der Waals surface area contributed by atoms with Crippen LogP contribution in [0.25, 0.3) is 0 Å². The monoisotopic (exact) mass is 102 g/mol. The van der Waals surface area contributed by atoms with Crippen LogP contribution in [0.1, 0.15) is 1.43 Å². The quantitative estimate of drug-likeness (QED) is 0.301. The molecule has 4 heteroatoms. The molecule has 0 atom stereocenters. The summed E-state index contributed by atoms with van der Waals surface area (Å²) in [6, 6.07) is 0. The van der Waals surface area contributed by atoms with Crippen molar-refractivity contribution >= 4 is 9.84 Å². The second-order valence-electron chi connectivity index (χ2n) is 1.14. The molecule has 0 amide bonds. The first-order valence-corrected chi connectivity index (χ1v) is 3.45. The topological polar surface area (TPSA) is 34.1 Å². The van der Waals surface area contributed by atoms with E-state index in [1.165, 1.54) is 0 Å². The molecule has 0 aliphatic rings. The van der Waals surface area contributed by atoms with Crippen LogP contribution in [0.3, 0.4) is 0 Å². The molecule has 0 spiro atoms. The van der Waals surface area contributed by atoms with E-state index in [9.17, 15) is 8.42 Å². The van der Waals surface area contributed by atoms with Gasteiger partial charge in [-0.15, -0.1) is 0 Å². The minimum Gasteiger partial charge on any atom is -1.00 e. The smallest absolute Gasteiger partial charge is 1.00 e. The fourth-order valence-electron chi connectivity index (χ4n) is 0. The molecule has 0 heterocycles. The van der Waals surface area contributed by atoms with E-state index in [0.29, 0.717) is 0 Å². The molecule has 0 fully saturated rings. The van der Waals surface area contributed by atoms with Gasteiger partial charge in [-0.3, -0.25) is 0 Å². The Labute approximate surface area is 51.5 Å². The van der Waals surface area contributed by atoms with E-state index in [-0.39, 0.29) is 20.3 Å². The summed E-state index contributed by atoms with van der Waals surface area (Å²) in [7, 11) is -2.67. The Balaban J connectivity index is -0.0000000800. The van der Waals surface area contributed by atoms with Gasteiger partial charge in [0.25, 0.3) is 0 Å². The van der Waals surface area contributed by atoms with Crippen molar-refractivity contribution in [2.45, 2.75) is 0 Å². The Morgan fingerprint density at radius 1 is 1.33 bits per heavy atom. The Bertz CT molecular complexity index is 98.9. The summed E-state index contributed by atoms with van der Waals surface area (Å²) in [4.78, 5) is 0. The van der Waals surface area contributed by atoms with Crippen LogP contribution in [-0.4, -0.2) is 20.9 Å². The van der Waals surface area contributed by atoms with Gasteiger partial charge in [0.15, 0.2) is 0 Å². The summed E-state index contributed by atoms with van der Waals surface area (Å²) >= 11 is 0. The first-order valence-electron chi connectivity index (χ1n) is 1.15. The predicted octanol–water partition coefficient (Wildman–Crippen LogP) is -3.22. The van der Waals surface area contributed by atoms with Gasteiger partial charge in [-0.25, -0.2) is 8.42 Å². The van der Waals surface area contributed by atoms with Crippen molar-refractivity contribution in [2.24, 2.45) is 0 Å². The van der Waals surface area contributed by atoms with Crippen LogP contribution in [0.4, 0.5) is 0 Å². The third kappa shape index (κ3) is 191. The third-order valence-electron chi connectivity index (χ3n) is 0. The molecular formula is C2H7LiO2S. The van der Waals surface area contributed by atoms with Crippen molar-refractivity contribution in [2.75, 3.05) is 12.5 Å². The van der Waals surface area contributed by atoms with Gasteiger partial charge < -0.3 is 1.43 Å². The first-order chi connectivity index (χ1) is 2.00. The van der Waals surface area contributed by atoms with Crippen LogP contribution in [0.2, 0.25) is 0 Å². The van der Waals surface area contributed by atoms with E-state index < -0.39 is 9.84 Å². The zero-order valence-corrected chi connectivity index (χ0v) is 5.04. The van der Waals surface area contributed by atoms with Gasteiger partial charge in [-0.2, -0.15) is 0 Å². The fourth-order valence-corrected chi connectivity index (χ4v) is 0. The molecule has 0 aliphatic carbocycles. The Morgan fingerprint density at radius 3 is 1.33 bits per heavy atom. The number of hydrogen-bond acceptors (Lipinski definition) is 2. The number of sulfone groups is 1.